The highest BCUT2D eigenvalue weighted by Crippen LogP contribution is 2.22. The summed E-state index contributed by atoms with van der Waals surface area (Å²) in [5.74, 6) is 0. The molecule has 0 fully saturated rings. The first kappa shape index (κ1) is 14.4. The summed E-state index contributed by atoms with van der Waals surface area (Å²) in [7, 11) is -9.78. The van der Waals surface area contributed by atoms with Crippen LogP contribution in [0.5, 0.6) is 0 Å². The van der Waals surface area contributed by atoms with Crippen molar-refractivity contribution >= 4 is 31.1 Å². The van der Waals surface area contributed by atoms with Gasteiger partial charge in [-0.25, -0.2) is 4.79 Å². The number of nitrogens with one attached hydrogen (secondary N) is 2. The van der Waals surface area contributed by atoms with Crippen LogP contribution in [-0.2, 0) is 20.2 Å². The average molecular weight is 322 g/mol. The summed E-state index contributed by atoms with van der Waals surface area (Å²) in [5.41, 5.74) is -2.63. The van der Waals surface area contributed by atoms with Gasteiger partial charge in [0.25, 0.3) is 25.8 Å². The molecule has 0 radical (unpaired) electrons. The first-order valence-corrected chi connectivity index (χ1v) is 7.63. The molecule has 2 aromatic rings. The summed E-state index contributed by atoms with van der Waals surface area (Å²) in [6, 6.07) is 1.09. The van der Waals surface area contributed by atoms with Crippen molar-refractivity contribution in [2.45, 2.75) is 9.79 Å². The van der Waals surface area contributed by atoms with Crippen LogP contribution >= 0.6 is 0 Å². The van der Waals surface area contributed by atoms with Gasteiger partial charge in [-0.05, 0) is 12.1 Å². The molecule has 0 aliphatic rings. The van der Waals surface area contributed by atoms with E-state index in [-0.39, 0.29) is 0 Å². The second-order valence-corrected chi connectivity index (χ2v) is 6.51. The number of benzene rings is 1. The molecular formula is C8H6N2O8S2. The van der Waals surface area contributed by atoms with Crippen LogP contribution in [0.25, 0.3) is 10.9 Å². The van der Waals surface area contributed by atoms with Gasteiger partial charge in [-0.15, -0.1) is 0 Å². The Morgan fingerprint density at radius 3 is 2.00 bits per heavy atom. The molecule has 0 amide bonds. The normalized spacial score (nSPS) is 12.7. The highest BCUT2D eigenvalue weighted by Gasteiger charge is 2.22. The van der Waals surface area contributed by atoms with Crippen molar-refractivity contribution in [3.63, 3.8) is 0 Å². The van der Waals surface area contributed by atoms with Crippen LogP contribution in [0.3, 0.4) is 0 Å². The molecule has 1 aromatic carbocycles. The lowest BCUT2D eigenvalue weighted by Gasteiger charge is -2.05. The van der Waals surface area contributed by atoms with Gasteiger partial charge in [-0.3, -0.25) is 18.9 Å². The molecule has 0 aliphatic carbocycles. The zero-order valence-corrected chi connectivity index (χ0v) is 10.9. The van der Waals surface area contributed by atoms with Gasteiger partial charge in [0, 0.05) is 0 Å². The molecule has 10 nitrogen and oxygen atoms in total. The highest BCUT2D eigenvalue weighted by atomic mass is 32.2. The van der Waals surface area contributed by atoms with Gasteiger partial charge in [0.05, 0.1) is 15.8 Å². The second-order valence-electron chi connectivity index (χ2n) is 3.70. The van der Waals surface area contributed by atoms with E-state index >= 15 is 0 Å². The number of aromatic nitrogens is 2. The summed E-state index contributed by atoms with van der Waals surface area (Å²) < 4.78 is 62.4. The number of hydrogen-bond donors (Lipinski definition) is 4. The van der Waals surface area contributed by atoms with Crippen molar-refractivity contribution in [3.05, 3.63) is 33.0 Å². The summed E-state index contributed by atoms with van der Waals surface area (Å²) in [6.45, 7) is 0. The molecule has 108 valence electrons. The van der Waals surface area contributed by atoms with Gasteiger partial charge in [-0.2, -0.15) is 16.8 Å². The van der Waals surface area contributed by atoms with E-state index in [0.717, 1.165) is 0 Å². The smallest absolute Gasteiger partial charge is 0.307 e. The van der Waals surface area contributed by atoms with Crippen LogP contribution in [0.2, 0.25) is 0 Å². The van der Waals surface area contributed by atoms with Gasteiger partial charge in [0.2, 0.25) is 0 Å². The van der Waals surface area contributed by atoms with Crippen LogP contribution in [0, 0.1) is 0 Å². The third-order valence-electron chi connectivity index (χ3n) is 2.35. The predicted octanol–water partition coefficient (Wildman–Crippen LogP) is -1.29. The Morgan fingerprint density at radius 2 is 1.50 bits per heavy atom. The molecule has 20 heavy (non-hydrogen) atoms. The first-order chi connectivity index (χ1) is 9.00. The maximum absolute atomic E-state index is 11.6. The molecule has 0 aliphatic heterocycles. The summed E-state index contributed by atoms with van der Waals surface area (Å²) in [4.78, 5) is 24.4. The third kappa shape index (κ3) is 2.49. The van der Waals surface area contributed by atoms with Crippen molar-refractivity contribution in [1.29, 1.82) is 0 Å². The van der Waals surface area contributed by atoms with E-state index in [9.17, 15) is 26.4 Å². The largest absolute Gasteiger partial charge is 0.326 e. The van der Waals surface area contributed by atoms with Crippen LogP contribution < -0.4 is 11.2 Å². The molecule has 1 heterocycles. The molecule has 0 saturated carbocycles. The monoisotopic (exact) mass is 322 g/mol. The minimum atomic E-state index is -4.97. The quantitative estimate of drug-likeness (QED) is 0.494. The number of rotatable bonds is 2. The van der Waals surface area contributed by atoms with Gasteiger partial charge in [0.15, 0.2) is 0 Å². The van der Waals surface area contributed by atoms with Crippen LogP contribution in [0.1, 0.15) is 0 Å². The zero-order valence-electron chi connectivity index (χ0n) is 9.32. The fourth-order valence-electron chi connectivity index (χ4n) is 1.59. The van der Waals surface area contributed by atoms with Crippen molar-refractivity contribution in [1.82, 2.24) is 9.97 Å². The topological polar surface area (TPSA) is 174 Å². The van der Waals surface area contributed by atoms with E-state index in [4.69, 9.17) is 9.11 Å². The van der Waals surface area contributed by atoms with Crippen LogP contribution in [-0.4, -0.2) is 35.9 Å². The first-order valence-electron chi connectivity index (χ1n) is 4.75. The fourth-order valence-corrected chi connectivity index (χ4v) is 2.94. The van der Waals surface area contributed by atoms with E-state index in [2.05, 4.69) is 0 Å². The number of aromatic amines is 2. The molecule has 0 bridgehead atoms. The maximum atomic E-state index is 11.6. The van der Waals surface area contributed by atoms with E-state index in [1.54, 1.807) is 4.98 Å². The average Bonchev–Trinajstić information content (AvgIpc) is 2.24. The Bertz CT molecular complexity index is 1030. The lowest BCUT2D eigenvalue weighted by molar-refractivity contribution is 0.482. The van der Waals surface area contributed by atoms with Crippen molar-refractivity contribution in [2.24, 2.45) is 0 Å². The Hall–Kier alpha value is -2.02. The van der Waals surface area contributed by atoms with Crippen LogP contribution in [0.4, 0.5) is 0 Å². The lowest BCUT2D eigenvalue weighted by atomic mass is 10.2. The van der Waals surface area contributed by atoms with Crippen molar-refractivity contribution in [3.8, 4) is 0 Å². The number of H-pyrrole nitrogens is 2. The second kappa shape index (κ2) is 4.24. The highest BCUT2D eigenvalue weighted by molar-refractivity contribution is 7.86. The predicted molar refractivity (Wildman–Crippen MR) is 64.8 cm³/mol. The number of fused-ring (bicyclic) bond motifs is 1. The van der Waals surface area contributed by atoms with E-state index in [1.165, 1.54) is 0 Å². The molecule has 0 spiro atoms. The zero-order chi connectivity index (χ0) is 15.3. The molecule has 2 rings (SSSR count). The van der Waals surface area contributed by atoms with Gasteiger partial charge < -0.3 is 4.98 Å². The Kier molecular flexibility index (Phi) is 3.05. The van der Waals surface area contributed by atoms with Crippen LogP contribution in [0.15, 0.2) is 31.5 Å². The fraction of sp³-hybridized carbons (Fsp3) is 0. The Balaban J connectivity index is 3.18. The van der Waals surface area contributed by atoms with E-state index in [0.29, 0.717) is 12.1 Å². The lowest BCUT2D eigenvalue weighted by Crippen LogP contribution is -2.23. The molecule has 0 atom stereocenters. The molecular weight excluding hydrogens is 316 g/mol. The maximum Gasteiger partial charge on any atom is 0.326 e. The van der Waals surface area contributed by atoms with Gasteiger partial charge in [0.1, 0.15) is 4.90 Å². The summed E-state index contributed by atoms with van der Waals surface area (Å²) in [5, 5.41) is -0.639. The van der Waals surface area contributed by atoms with Crippen molar-refractivity contribution in [2.75, 3.05) is 0 Å². The summed E-state index contributed by atoms with van der Waals surface area (Å²) in [6.07, 6.45) is 0. The Labute approximate surface area is 110 Å². The minimum absolute atomic E-state index is 0.403. The summed E-state index contributed by atoms with van der Waals surface area (Å²) >= 11 is 0. The molecule has 0 unspecified atom stereocenters. The molecule has 0 saturated heterocycles. The minimum Gasteiger partial charge on any atom is -0.307 e. The van der Waals surface area contributed by atoms with Gasteiger partial charge in [-0.1, -0.05) is 0 Å². The number of hydrogen-bond acceptors (Lipinski definition) is 6. The van der Waals surface area contributed by atoms with E-state index in [1.807, 2.05) is 4.98 Å². The molecule has 12 heteroatoms. The standard InChI is InChI=1S/C8H6N2O8S2/c11-7-6-4(9-8(12)10-7)1-3(19(13,14)15)2-5(6)20(16,17)18/h1-2H,(H,13,14,15)(H,16,17,18)(H2,9,10,11,12). The molecule has 1 aromatic heterocycles. The van der Waals surface area contributed by atoms with Gasteiger partial charge >= 0.3 is 5.69 Å². The van der Waals surface area contributed by atoms with Crippen molar-refractivity contribution < 1.29 is 25.9 Å². The van der Waals surface area contributed by atoms with E-state index < -0.39 is 52.2 Å². The SMILES string of the molecule is O=c1[nH]c(=O)c2c(S(=O)(=O)O)cc(S(=O)(=O)O)cc2[nH]1. The Morgan fingerprint density at radius 1 is 0.900 bits per heavy atom. The third-order valence-corrected chi connectivity index (χ3v) is 4.06. The molecule has 4 N–H and O–H groups in total.